The summed E-state index contributed by atoms with van der Waals surface area (Å²) >= 11 is 0. The van der Waals surface area contributed by atoms with Crippen molar-refractivity contribution in [1.82, 2.24) is 10.6 Å². The van der Waals surface area contributed by atoms with Crippen molar-refractivity contribution in [2.24, 2.45) is 0 Å². The van der Waals surface area contributed by atoms with Crippen molar-refractivity contribution < 1.29 is 4.79 Å². The van der Waals surface area contributed by atoms with Crippen LogP contribution in [0.1, 0.15) is 52.9 Å². The van der Waals surface area contributed by atoms with E-state index in [1.165, 1.54) is 19.3 Å². The van der Waals surface area contributed by atoms with Gasteiger partial charge in [0.15, 0.2) is 0 Å². The average molecular weight is 236 g/mol. The topological polar surface area (TPSA) is 41.1 Å². The van der Waals surface area contributed by atoms with Crippen LogP contribution in [0, 0.1) is 12.3 Å². The first-order valence-corrected chi connectivity index (χ1v) is 6.50. The number of nitrogens with one attached hydrogen (secondary N) is 2. The molecule has 17 heavy (non-hydrogen) atoms. The Morgan fingerprint density at radius 3 is 2.47 bits per heavy atom. The Labute approximate surface area is 105 Å². The van der Waals surface area contributed by atoms with Gasteiger partial charge in [-0.05, 0) is 33.6 Å². The Hall–Kier alpha value is -1.01. The summed E-state index contributed by atoms with van der Waals surface area (Å²) in [4.78, 5) is 12.0. The summed E-state index contributed by atoms with van der Waals surface area (Å²) in [6, 6.07) is 0.109. The van der Waals surface area contributed by atoms with E-state index in [0.29, 0.717) is 6.04 Å². The van der Waals surface area contributed by atoms with Gasteiger partial charge in [-0.2, -0.15) is 0 Å². The van der Waals surface area contributed by atoms with E-state index in [1.54, 1.807) is 0 Å². The zero-order chi connectivity index (χ0) is 12.9. The minimum absolute atomic E-state index is 0.0558. The fourth-order valence-electron chi connectivity index (χ4n) is 2.22. The van der Waals surface area contributed by atoms with Crippen molar-refractivity contribution in [3.63, 3.8) is 0 Å². The van der Waals surface area contributed by atoms with Gasteiger partial charge in [-0.3, -0.25) is 10.1 Å². The van der Waals surface area contributed by atoms with E-state index in [9.17, 15) is 4.79 Å². The van der Waals surface area contributed by atoms with Crippen molar-refractivity contribution in [3.8, 4) is 12.3 Å². The monoisotopic (exact) mass is 236 g/mol. The largest absolute Gasteiger partial charge is 0.352 e. The predicted octanol–water partition coefficient (Wildman–Crippen LogP) is 1.83. The molecule has 0 saturated heterocycles. The molecule has 1 aliphatic carbocycles. The van der Waals surface area contributed by atoms with Crippen LogP contribution in [0.3, 0.4) is 0 Å². The molecule has 0 spiro atoms. The summed E-state index contributed by atoms with van der Waals surface area (Å²) < 4.78 is 0. The van der Waals surface area contributed by atoms with Crippen LogP contribution in [0.5, 0.6) is 0 Å². The van der Waals surface area contributed by atoms with E-state index in [0.717, 1.165) is 12.8 Å². The van der Waals surface area contributed by atoms with Crippen LogP contribution >= 0.6 is 0 Å². The average Bonchev–Trinajstić information content (AvgIpc) is 2.30. The maximum atomic E-state index is 12.0. The van der Waals surface area contributed by atoms with Crippen LogP contribution in [0.15, 0.2) is 0 Å². The molecule has 1 fully saturated rings. The second-order valence-electron chi connectivity index (χ2n) is 5.48. The third-order valence-corrected chi connectivity index (χ3v) is 3.28. The van der Waals surface area contributed by atoms with Gasteiger partial charge in [-0.15, -0.1) is 6.42 Å². The molecule has 0 aliphatic heterocycles. The maximum Gasteiger partial charge on any atom is 0.237 e. The van der Waals surface area contributed by atoms with Crippen LogP contribution in [0.25, 0.3) is 0 Å². The highest BCUT2D eigenvalue weighted by Crippen LogP contribution is 2.17. The molecule has 1 rings (SSSR count). The molecule has 1 saturated carbocycles. The van der Waals surface area contributed by atoms with Gasteiger partial charge in [-0.25, -0.2) is 0 Å². The Balaban J connectivity index is 2.39. The molecule has 0 aromatic rings. The minimum Gasteiger partial charge on any atom is -0.352 e. The smallest absolute Gasteiger partial charge is 0.237 e. The first kappa shape index (κ1) is 14.1. The van der Waals surface area contributed by atoms with Crippen molar-refractivity contribution in [2.45, 2.75) is 70.5 Å². The number of hydrogen-bond donors (Lipinski definition) is 2. The first-order valence-electron chi connectivity index (χ1n) is 6.50. The molecule has 3 heteroatoms. The zero-order valence-corrected chi connectivity index (χ0v) is 11.2. The van der Waals surface area contributed by atoms with Crippen LogP contribution < -0.4 is 10.6 Å². The SMILES string of the molecule is C#CC(C)(C)NC(C)C(=O)NC1CCCCC1. The van der Waals surface area contributed by atoms with Crippen LogP contribution in [-0.2, 0) is 4.79 Å². The van der Waals surface area contributed by atoms with Gasteiger partial charge in [0.05, 0.1) is 11.6 Å². The van der Waals surface area contributed by atoms with Crippen molar-refractivity contribution in [1.29, 1.82) is 0 Å². The van der Waals surface area contributed by atoms with E-state index >= 15 is 0 Å². The normalized spacial score (nSPS) is 19.4. The third-order valence-electron chi connectivity index (χ3n) is 3.28. The Bertz CT molecular complexity index is 298. The molecule has 0 aromatic carbocycles. The predicted molar refractivity (Wildman–Crippen MR) is 70.5 cm³/mol. The van der Waals surface area contributed by atoms with E-state index in [-0.39, 0.29) is 11.9 Å². The fourth-order valence-corrected chi connectivity index (χ4v) is 2.22. The van der Waals surface area contributed by atoms with Gasteiger partial charge in [0.2, 0.25) is 5.91 Å². The first-order chi connectivity index (χ1) is 7.94. The number of hydrogen-bond acceptors (Lipinski definition) is 2. The van der Waals surface area contributed by atoms with Crippen molar-refractivity contribution >= 4 is 5.91 Å². The molecule has 96 valence electrons. The summed E-state index contributed by atoms with van der Waals surface area (Å²) in [5.74, 6) is 2.70. The van der Waals surface area contributed by atoms with E-state index in [1.807, 2.05) is 20.8 Å². The molecule has 0 bridgehead atoms. The van der Waals surface area contributed by atoms with Gasteiger partial charge >= 0.3 is 0 Å². The number of carbonyl (C=O) groups is 1. The highest BCUT2D eigenvalue weighted by atomic mass is 16.2. The second-order valence-corrected chi connectivity index (χ2v) is 5.48. The molecule has 1 amide bonds. The molecule has 3 nitrogen and oxygen atoms in total. The zero-order valence-electron chi connectivity index (χ0n) is 11.2. The molecular formula is C14H24N2O. The molecular weight excluding hydrogens is 212 g/mol. The highest BCUT2D eigenvalue weighted by Gasteiger charge is 2.23. The van der Waals surface area contributed by atoms with Gasteiger partial charge in [0.1, 0.15) is 0 Å². The van der Waals surface area contributed by atoms with Crippen molar-refractivity contribution in [2.75, 3.05) is 0 Å². The van der Waals surface area contributed by atoms with Crippen LogP contribution in [0.4, 0.5) is 0 Å². The molecule has 1 atom stereocenters. The number of amides is 1. The van der Waals surface area contributed by atoms with E-state index in [2.05, 4.69) is 16.6 Å². The number of terminal acetylenes is 1. The minimum atomic E-state index is -0.441. The second kappa shape index (κ2) is 6.07. The standard InChI is InChI=1S/C14H24N2O/c1-5-14(3,4)16-11(2)13(17)15-12-9-7-6-8-10-12/h1,11-12,16H,6-10H2,2-4H3,(H,15,17). The molecule has 0 radical (unpaired) electrons. The third kappa shape index (κ3) is 4.79. The van der Waals surface area contributed by atoms with Gasteiger partial charge in [-0.1, -0.05) is 25.2 Å². The highest BCUT2D eigenvalue weighted by molar-refractivity contribution is 5.81. The quantitative estimate of drug-likeness (QED) is 0.731. The van der Waals surface area contributed by atoms with E-state index < -0.39 is 5.54 Å². The molecule has 2 N–H and O–H groups in total. The van der Waals surface area contributed by atoms with E-state index in [4.69, 9.17) is 6.42 Å². The lowest BCUT2D eigenvalue weighted by atomic mass is 9.95. The fraction of sp³-hybridized carbons (Fsp3) is 0.786. The van der Waals surface area contributed by atoms with Gasteiger partial charge < -0.3 is 5.32 Å². The van der Waals surface area contributed by atoms with Gasteiger partial charge in [0.25, 0.3) is 0 Å². The Kier molecular flexibility index (Phi) is 5.02. The summed E-state index contributed by atoms with van der Waals surface area (Å²) in [5, 5.41) is 6.24. The van der Waals surface area contributed by atoms with Gasteiger partial charge in [0, 0.05) is 6.04 Å². The molecule has 1 aliphatic rings. The summed E-state index contributed by atoms with van der Waals surface area (Å²) in [5.41, 5.74) is -0.441. The number of carbonyl (C=O) groups excluding carboxylic acids is 1. The van der Waals surface area contributed by atoms with Crippen LogP contribution in [-0.4, -0.2) is 23.5 Å². The molecule has 1 unspecified atom stereocenters. The summed E-state index contributed by atoms with van der Waals surface area (Å²) in [6.45, 7) is 5.66. The summed E-state index contributed by atoms with van der Waals surface area (Å²) in [6.07, 6.45) is 11.4. The van der Waals surface area contributed by atoms with Crippen LogP contribution in [0.2, 0.25) is 0 Å². The summed E-state index contributed by atoms with van der Waals surface area (Å²) in [7, 11) is 0. The number of rotatable bonds is 4. The Morgan fingerprint density at radius 1 is 1.35 bits per heavy atom. The lowest BCUT2D eigenvalue weighted by Crippen LogP contribution is -2.52. The maximum absolute atomic E-state index is 12.0. The molecule has 0 heterocycles. The lowest BCUT2D eigenvalue weighted by molar-refractivity contribution is -0.124. The molecule has 0 aromatic heterocycles. The Morgan fingerprint density at radius 2 is 1.94 bits per heavy atom. The lowest BCUT2D eigenvalue weighted by Gasteiger charge is -2.28. The van der Waals surface area contributed by atoms with Crippen molar-refractivity contribution in [3.05, 3.63) is 0 Å².